The van der Waals surface area contributed by atoms with Gasteiger partial charge in [-0.3, -0.25) is 0 Å². The molecule has 1 aliphatic rings. The average molecular weight is 310 g/mol. The summed E-state index contributed by atoms with van der Waals surface area (Å²) in [7, 11) is 0. The number of piperidine rings is 1. The Morgan fingerprint density at radius 3 is 3.09 bits per heavy atom. The third-order valence-corrected chi connectivity index (χ3v) is 4.01. The van der Waals surface area contributed by atoms with Crippen molar-refractivity contribution in [3.05, 3.63) is 11.7 Å². The molecule has 1 saturated heterocycles. The fraction of sp³-hybridized carbons (Fsp3) is 0.800. The van der Waals surface area contributed by atoms with Crippen LogP contribution in [0.1, 0.15) is 44.3 Å². The third kappa shape index (κ3) is 4.98. The zero-order chi connectivity index (χ0) is 15.9. The molecule has 2 heterocycles. The molecule has 0 aliphatic carbocycles. The predicted octanol–water partition coefficient (Wildman–Crippen LogP) is 1.50. The second-order valence-electron chi connectivity index (χ2n) is 6.10. The third-order valence-electron chi connectivity index (χ3n) is 4.01. The quantitative estimate of drug-likeness (QED) is 0.831. The van der Waals surface area contributed by atoms with Gasteiger partial charge in [0.15, 0.2) is 5.82 Å². The highest BCUT2D eigenvalue weighted by atomic mass is 16.5. The Morgan fingerprint density at radius 2 is 2.41 bits per heavy atom. The molecule has 1 aromatic heterocycles. The highest BCUT2D eigenvalue weighted by Gasteiger charge is 2.25. The maximum atomic E-state index is 12.3. The second kappa shape index (κ2) is 8.12. The van der Waals surface area contributed by atoms with E-state index in [0.29, 0.717) is 18.2 Å². The number of urea groups is 1. The van der Waals surface area contributed by atoms with Gasteiger partial charge in [0.05, 0.1) is 0 Å². The summed E-state index contributed by atoms with van der Waals surface area (Å²) in [6.07, 6.45) is 4.33. The monoisotopic (exact) mass is 310 g/mol. The van der Waals surface area contributed by atoms with Crippen molar-refractivity contribution >= 4 is 6.03 Å². The van der Waals surface area contributed by atoms with E-state index in [9.17, 15) is 4.79 Å². The maximum Gasteiger partial charge on any atom is 0.317 e. The Kier molecular flexibility index (Phi) is 6.18. The molecule has 0 spiro atoms. The standard InChI is InChI=1S/C15H26N4O3/c1-11(5-4-8-20)16-15(21)19-7-3-6-13(10-19)9-14-17-12(2)22-18-14/h11,13,20H,3-10H2,1-2H3,(H,16,21). The van der Waals surface area contributed by atoms with Crippen LogP contribution < -0.4 is 5.32 Å². The first-order valence-corrected chi connectivity index (χ1v) is 8.04. The van der Waals surface area contributed by atoms with Gasteiger partial charge < -0.3 is 19.8 Å². The van der Waals surface area contributed by atoms with Gasteiger partial charge in [0.2, 0.25) is 5.89 Å². The number of hydrogen-bond acceptors (Lipinski definition) is 5. The molecule has 2 amide bonds. The first-order chi connectivity index (χ1) is 10.6. The number of aliphatic hydroxyl groups excluding tert-OH is 1. The van der Waals surface area contributed by atoms with E-state index in [1.807, 2.05) is 11.8 Å². The van der Waals surface area contributed by atoms with E-state index >= 15 is 0 Å². The van der Waals surface area contributed by atoms with Gasteiger partial charge in [-0.25, -0.2) is 4.79 Å². The Morgan fingerprint density at radius 1 is 1.59 bits per heavy atom. The van der Waals surface area contributed by atoms with Gasteiger partial charge in [0.25, 0.3) is 0 Å². The topological polar surface area (TPSA) is 91.5 Å². The van der Waals surface area contributed by atoms with E-state index < -0.39 is 0 Å². The number of likely N-dealkylation sites (tertiary alicyclic amines) is 1. The molecule has 124 valence electrons. The van der Waals surface area contributed by atoms with Crippen LogP contribution in [0.15, 0.2) is 4.52 Å². The molecule has 2 N–H and O–H groups in total. The maximum absolute atomic E-state index is 12.3. The summed E-state index contributed by atoms with van der Waals surface area (Å²) < 4.78 is 5.00. The van der Waals surface area contributed by atoms with Crippen molar-refractivity contribution in [1.29, 1.82) is 0 Å². The van der Waals surface area contributed by atoms with Crippen molar-refractivity contribution in [2.45, 2.75) is 52.0 Å². The zero-order valence-corrected chi connectivity index (χ0v) is 13.4. The van der Waals surface area contributed by atoms with Crippen LogP contribution >= 0.6 is 0 Å². The number of carbonyl (C=O) groups is 1. The van der Waals surface area contributed by atoms with Gasteiger partial charge in [0, 0.05) is 39.1 Å². The Labute approximate surface area is 131 Å². The molecule has 0 saturated carbocycles. The molecule has 1 aliphatic heterocycles. The largest absolute Gasteiger partial charge is 0.396 e. The lowest BCUT2D eigenvalue weighted by Crippen LogP contribution is -2.48. The SMILES string of the molecule is Cc1nc(CC2CCCN(C(=O)NC(C)CCCO)C2)no1. The molecular weight excluding hydrogens is 284 g/mol. The number of aliphatic hydroxyl groups is 1. The summed E-state index contributed by atoms with van der Waals surface area (Å²) in [5.41, 5.74) is 0. The van der Waals surface area contributed by atoms with Crippen LogP contribution in [0.2, 0.25) is 0 Å². The highest BCUT2D eigenvalue weighted by Crippen LogP contribution is 2.20. The minimum Gasteiger partial charge on any atom is -0.396 e. The molecule has 1 fully saturated rings. The van der Waals surface area contributed by atoms with Crippen molar-refractivity contribution in [1.82, 2.24) is 20.4 Å². The van der Waals surface area contributed by atoms with Crippen molar-refractivity contribution in [2.75, 3.05) is 19.7 Å². The fourth-order valence-electron chi connectivity index (χ4n) is 2.87. The lowest BCUT2D eigenvalue weighted by atomic mass is 9.95. The molecular formula is C15H26N4O3. The van der Waals surface area contributed by atoms with Gasteiger partial charge in [0.1, 0.15) is 0 Å². The van der Waals surface area contributed by atoms with E-state index in [-0.39, 0.29) is 18.7 Å². The van der Waals surface area contributed by atoms with Crippen LogP contribution in [0.5, 0.6) is 0 Å². The fourth-order valence-corrected chi connectivity index (χ4v) is 2.87. The van der Waals surface area contributed by atoms with Crippen LogP contribution in [0.25, 0.3) is 0 Å². The number of amides is 2. The summed E-state index contributed by atoms with van der Waals surface area (Å²) in [6.45, 7) is 5.44. The summed E-state index contributed by atoms with van der Waals surface area (Å²) in [5, 5.41) is 15.8. The molecule has 0 bridgehead atoms. The van der Waals surface area contributed by atoms with Crippen LogP contribution in [-0.4, -0.2) is 51.9 Å². The average Bonchev–Trinajstić information content (AvgIpc) is 2.90. The van der Waals surface area contributed by atoms with Crippen LogP contribution in [-0.2, 0) is 6.42 Å². The summed E-state index contributed by atoms with van der Waals surface area (Å²) in [4.78, 5) is 18.4. The number of carbonyl (C=O) groups excluding carboxylic acids is 1. The summed E-state index contributed by atoms with van der Waals surface area (Å²) in [6, 6.07) is 0.0688. The van der Waals surface area contributed by atoms with E-state index in [1.165, 1.54) is 0 Å². The number of nitrogens with zero attached hydrogens (tertiary/aromatic N) is 3. The molecule has 0 aromatic carbocycles. The van der Waals surface area contributed by atoms with Gasteiger partial charge in [-0.1, -0.05) is 5.16 Å². The van der Waals surface area contributed by atoms with E-state index in [0.717, 1.165) is 44.6 Å². The van der Waals surface area contributed by atoms with Gasteiger partial charge in [-0.2, -0.15) is 4.98 Å². The predicted molar refractivity (Wildman–Crippen MR) is 81.3 cm³/mol. The second-order valence-corrected chi connectivity index (χ2v) is 6.10. The van der Waals surface area contributed by atoms with E-state index in [4.69, 9.17) is 9.63 Å². The number of aryl methyl sites for hydroxylation is 1. The zero-order valence-electron chi connectivity index (χ0n) is 13.4. The molecule has 0 radical (unpaired) electrons. The lowest BCUT2D eigenvalue weighted by molar-refractivity contribution is 0.160. The first kappa shape index (κ1) is 16.7. The highest BCUT2D eigenvalue weighted by molar-refractivity contribution is 5.74. The molecule has 2 unspecified atom stereocenters. The van der Waals surface area contributed by atoms with Crippen LogP contribution in [0.4, 0.5) is 4.79 Å². The molecule has 7 heteroatoms. The van der Waals surface area contributed by atoms with Gasteiger partial charge in [-0.05, 0) is 38.5 Å². The normalized spacial score (nSPS) is 20.0. The Bertz CT molecular complexity index is 477. The van der Waals surface area contributed by atoms with Crippen molar-refractivity contribution in [3.63, 3.8) is 0 Å². The Balaban J connectivity index is 1.80. The van der Waals surface area contributed by atoms with Crippen molar-refractivity contribution in [2.24, 2.45) is 5.92 Å². The van der Waals surface area contributed by atoms with Crippen molar-refractivity contribution in [3.8, 4) is 0 Å². The van der Waals surface area contributed by atoms with E-state index in [2.05, 4.69) is 15.5 Å². The van der Waals surface area contributed by atoms with E-state index in [1.54, 1.807) is 6.92 Å². The molecule has 22 heavy (non-hydrogen) atoms. The van der Waals surface area contributed by atoms with Crippen molar-refractivity contribution < 1.29 is 14.4 Å². The number of hydrogen-bond donors (Lipinski definition) is 2. The molecule has 1 aromatic rings. The van der Waals surface area contributed by atoms with Crippen LogP contribution in [0.3, 0.4) is 0 Å². The number of rotatable bonds is 6. The Hall–Kier alpha value is -1.63. The molecule has 2 atom stereocenters. The van der Waals surface area contributed by atoms with Crippen LogP contribution in [0, 0.1) is 12.8 Å². The minimum absolute atomic E-state index is 0.0144. The first-order valence-electron chi connectivity index (χ1n) is 8.04. The number of nitrogens with one attached hydrogen (secondary N) is 1. The summed E-state index contributed by atoms with van der Waals surface area (Å²) in [5.74, 6) is 1.68. The summed E-state index contributed by atoms with van der Waals surface area (Å²) >= 11 is 0. The van der Waals surface area contributed by atoms with Gasteiger partial charge >= 0.3 is 6.03 Å². The molecule has 2 rings (SSSR count). The smallest absolute Gasteiger partial charge is 0.317 e. The lowest BCUT2D eigenvalue weighted by Gasteiger charge is -2.33. The molecule has 7 nitrogen and oxygen atoms in total. The number of aromatic nitrogens is 2. The minimum atomic E-state index is -0.0144. The van der Waals surface area contributed by atoms with Gasteiger partial charge in [-0.15, -0.1) is 0 Å².